The van der Waals surface area contributed by atoms with Crippen LogP contribution < -0.4 is 9.47 Å². The number of H-pyrrole nitrogens is 3. The third-order valence-corrected chi connectivity index (χ3v) is 10.2. The van der Waals surface area contributed by atoms with Gasteiger partial charge in [0.1, 0.15) is 11.5 Å². The second-order valence-electron chi connectivity index (χ2n) is 13.0. The molecule has 0 atom stereocenters. The van der Waals surface area contributed by atoms with Gasteiger partial charge in [-0.2, -0.15) is 0 Å². The lowest BCUT2D eigenvalue weighted by Gasteiger charge is -2.07. The SMILES string of the molecule is CCC1=C(C)c2nc1cc1ccc([nH]1)c(-c1ccc(OC)cc1)c1nc(c(-c3ccc(OC)cc3)c3ccc(cc4[nH]c2c(C)c4CC)[nH]3)C=C1. The average molecular weight is 672 g/mol. The monoisotopic (exact) mass is 671 g/mol. The Morgan fingerprint density at radius 1 is 0.588 bits per heavy atom. The van der Waals surface area contributed by atoms with Crippen molar-refractivity contribution >= 4 is 56.4 Å². The Kier molecular flexibility index (Phi) is 8.19. The predicted octanol–water partition coefficient (Wildman–Crippen LogP) is 11.1. The molecular weight excluding hydrogens is 631 g/mol. The minimum absolute atomic E-state index is 0.803. The second-order valence-corrected chi connectivity index (χ2v) is 13.0. The van der Waals surface area contributed by atoms with Gasteiger partial charge in [0, 0.05) is 38.7 Å². The third-order valence-electron chi connectivity index (χ3n) is 10.2. The van der Waals surface area contributed by atoms with Crippen LogP contribution in [0.3, 0.4) is 0 Å². The molecule has 0 radical (unpaired) electrons. The standard InChI is InChI=1S/C44H41N5O2/c1-7-33-25(3)43-44-26(4)34(8-2)40(49-44)24-30-14-20-36(46-30)42(28-11-17-32(51-6)18-12-28)38-22-21-37(47-38)41(27-9-15-31(50-5)16-10-27)35-19-13-29(45-35)23-39(33)48-43/h9-24,45-46,48H,7-8H2,1-6H3. The summed E-state index contributed by atoms with van der Waals surface area (Å²) < 4.78 is 11.0. The number of nitrogens with zero attached hydrogens (tertiary/aromatic N) is 2. The van der Waals surface area contributed by atoms with Gasteiger partial charge in [-0.25, -0.2) is 9.97 Å². The predicted molar refractivity (Wildman–Crippen MR) is 211 cm³/mol. The molecule has 0 spiro atoms. The molecule has 10 bridgehead atoms. The summed E-state index contributed by atoms with van der Waals surface area (Å²) in [7, 11) is 3.38. The summed E-state index contributed by atoms with van der Waals surface area (Å²) in [6.07, 6.45) is 6.01. The average Bonchev–Trinajstić information content (AvgIpc) is 4.00. The van der Waals surface area contributed by atoms with Crippen LogP contribution >= 0.6 is 0 Å². The summed E-state index contributed by atoms with van der Waals surface area (Å²) in [5.41, 5.74) is 18.9. The number of hydrogen-bond donors (Lipinski definition) is 3. The normalized spacial score (nSPS) is 12.5. The largest absolute Gasteiger partial charge is 0.497 e. The highest BCUT2D eigenvalue weighted by atomic mass is 16.5. The third kappa shape index (κ3) is 5.65. The molecule has 0 saturated heterocycles. The fraction of sp³-hybridized carbons (Fsp3) is 0.182. The molecule has 6 heterocycles. The van der Waals surface area contributed by atoms with Crippen LogP contribution in [0.1, 0.15) is 61.1 Å². The van der Waals surface area contributed by atoms with E-state index in [9.17, 15) is 0 Å². The van der Waals surface area contributed by atoms with Crippen molar-refractivity contribution in [3.63, 3.8) is 0 Å². The van der Waals surface area contributed by atoms with Crippen molar-refractivity contribution in [3.05, 3.63) is 119 Å². The number of aromatic nitrogens is 5. The van der Waals surface area contributed by atoms with Crippen molar-refractivity contribution < 1.29 is 9.47 Å². The van der Waals surface area contributed by atoms with Crippen molar-refractivity contribution in [2.45, 2.75) is 40.5 Å². The zero-order chi connectivity index (χ0) is 35.2. The van der Waals surface area contributed by atoms with E-state index in [1.54, 1.807) is 14.2 Å². The van der Waals surface area contributed by atoms with E-state index in [4.69, 9.17) is 19.4 Å². The molecule has 254 valence electrons. The van der Waals surface area contributed by atoms with Crippen molar-refractivity contribution in [2.75, 3.05) is 14.2 Å². The Hall–Kier alpha value is -6.08. The summed E-state index contributed by atoms with van der Waals surface area (Å²) in [6.45, 7) is 8.82. The maximum absolute atomic E-state index is 5.50. The Bertz CT molecular complexity index is 2580. The van der Waals surface area contributed by atoms with Gasteiger partial charge in [-0.3, -0.25) is 0 Å². The summed E-state index contributed by atoms with van der Waals surface area (Å²) in [5, 5.41) is 0. The number of aromatic amines is 3. The first-order valence-corrected chi connectivity index (χ1v) is 17.5. The summed E-state index contributed by atoms with van der Waals surface area (Å²) >= 11 is 0. The molecule has 3 N–H and O–H groups in total. The van der Waals surface area contributed by atoms with Crippen LogP contribution in [0.25, 0.3) is 78.7 Å². The zero-order valence-corrected chi connectivity index (χ0v) is 29.9. The van der Waals surface area contributed by atoms with E-state index in [2.05, 4.69) is 115 Å². The summed E-state index contributed by atoms with van der Waals surface area (Å²) in [4.78, 5) is 21.8. The van der Waals surface area contributed by atoms with E-state index >= 15 is 0 Å². The maximum Gasteiger partial charge on any atom is 0.118 e. The number of ether oxygens (including phenoxy) is 2. The van der Waals surface area contributed by atoms with Gasteiger partial charge < -0.3 is 24.4 Å². The van der Waals surface area contributed by atoms with Crippen LogP contribution in [0.15, 0.2) is 84.9 Å². The number of benzene rings is 2. The van der Waals surface area contributed by atoms with Crippen LogP contribution in [0, 0.1) is 6.92 Å². The number of rotatable bonds is 6. The van der Waals surface area contributed by atoms with Crippen molar-refractivity contribution in [1.29, 1.82) is 0 Å². The highest BCUT2D eigenvalue weighted by molar-refractivity contribution is 5.98. The first-order valence-electron chi connectivity index (χ1n) is 17.5. The Morgan fingerprint density at radius 2 is 1.14 bits per heavy atom. The molecule has 4 aromatic heterocycles. The molecule has 0 fully saturated rings. The Morgan fingerprint density at radius 3 is 1.65 bits per heavy atom. The van der Waals surface area contributed by atoms with Gasteiger partial charge >= 0.3 is 0 Å². The highest BCUT2D eigenvalue weighted by Crippen LogP contribution is 2.38. The Balaban J connectivity index is 1.52. The number of hydrogen-bond acceptors (Lipinski definition) is 4. The van der Waals surface area contributed by atoms with Gasteiger partial charge in [0.15, 0.2) is 0 Å². The molecule has 2 aliphatic heterocycles. The number of methoxy groups -OCH3 is 2. The molecule has 2 aliphatic rings. The highest BCUT2D eigenvalue weighted by Gasteiger charge is 2.20. The van der Waals surface area contributed by atoms with E-state index < -0.39 is 0 Å². The minimum atomic E-state index is 0.803. The number of allylic oxidation sites excluding steroid dienone is 2. The topological polar surface area (TPSA) is 91.6 Å². The van der Waals surface area contributed by atoms with E-state index in [0.717, 1.165) is 102 Å². The lowest BCUT2D eigenvalue weighted by atomic mass is 10.0. The molecule has 7 nitrogen and oxygen atoms in total. The van der Waals surface area contributed by atoms with E-state index in [1.807, 2.05) is 24.3 Å². The van der Waals surface area contributed by atoms with Crippen LogP contribution in [0.2, 0.25) is 0 Å². The van der Waals surface area contributed by atoms with E-state index in [0.29, 0.717) is 0 Å². The first-order chi connectivity index (χ1) is 24.9. The molecule has 2 aromatic carbocycles. The lowest BCUT2D eigenvalue weighted by molar-refractivity contribution is 0.415. The molecule has 8 rings (SSSR count). The van der Waals surface area contributed by atoms with Crippen LogP contribution in [0.5, 0.6) is 11.5 Å². The van der Waals surface area contributed by atoms with Crippen molar-refractivity contribution in [3.8, 4) is 33.8 Å². The molecular formula is C44H41N5O2. The van der Waals surface area contributed by atoms with Crippen LogP contribution in [0.4, 0.5) is 0 Å². The number of aryl methyl sites for hydroxylation is 2. The summed E-state index contributed by atoms with van der Waals surface area (Å²) in [6, 6.07) is 29.3. The van der Waals surface area contributed by atoms with Crippen LogP contribution in [-0.2, 0) is 6.42 Å². The first kappa shape index (κ1) is 32.1. The van der Waals surface area contributed by atoms with E-state index in [1.165, 1.54) is 22.3 Å². The molecule has 6 aromatic rings. The molecule has 7 heteroatoms. The molecule has 0 saturated carbocycles. The molecule has 51 heavy (non-hydrogen) atoms. The molecule has 0 aliphatic carbocycles. The Labute approximate surface area is 297 Å². The van der Waals surface area contributed by atoms with E-state index in [-0.39, 0.29) is 0 Å². The molecule has 0 unspecified atom stereocenters. The smallest absolute Gasteiger partial charge is 0.118 e. The fourth-order valence-corrected chi connectivity index (χ4v) is 7.51. The van der Waals surface area contributed by atoms with Gasteiger partial charge in [0.25, 0.3) is 0 Å². The molecule has 0 amide bonds. The van der Waals surface area contributed by atoms with Gasteiger partial charge in [-0.1, -0.05) is 38.1 Å². The van der Waals surface area contributed by atoms with Gasteiger partial charge in [-0.15, -0.1) is 0 Å². The maximum atomic E-state index is 5.50. The lowest BCUT2D eigenvalue weighted by Crippen LogP contribution is -1.89. The van der Waals surface area contributed by atoms with Gasteiger partial charge in [0.05, 0.1) is 42.5 Å². The fourth-order valence-electron chi connectivity index (χ4n) is 7.51. The van der Waals surface area contributed by atoms with Gasteiger partial charge in [0.2, 0.25) is 0 Å². The van der Waals surface area contributed by atoms with Crippen molar-refractivity contribution in [1.82, 2.24) is 24.9 Å². The number of nitrogens with one attached hydrogen (secondary N) is 3. The van der Waals surface area contributed by atoms with Crippen LogP contribution in [-0.4, -0.2) is 39.1 Å². The zero-order valence-electron chi connectivity index (χ0n) is 29.9. The quantitative estimate of drug-likeness (QED) is 0.164. The summed E-state index contributed by atoms with van der Waals surface area (Å²) in [5.74, 6) is 1.61. The van der Waals surface area contributed by atoms with Crippen molar-refractivity contribution in [2.24, 2.45) is 0 Å². The second kappa shape index (κ2) is 13.0. The number of fused-ring (bicyclic) bond motifs is 11. The van der Waals surface area contributed by atoms with Gasteiger partial charge in [-0.05, 0) is 133 Å². The minimum Gasteiger partial charge on any atom is -0.497 e.